The largest absolute Gasteiger partial charge is 0.478 e. The Morgan fingerprint density at radius 3 is 2.64 bits per heavy atom. The standard InChI is InChI=1S/C17H15N3O2/c18-13-7-5-12(6-8-13)11-20-15-4-2-1-3-14(15)19-16(20)9-10-17(21)22/h1-10H,11,18H2,(H,21,22). The molecular formula is C17H15N3O2. The zero-order valence-electron chi connectivity index (χ0n) is 11.8. The highest BCUT2D eigenvalue weighted by Gasteiger charge is 2.09. The maximum absolute atomic E-state index is 10.8. The second-order valence-electron chi connectivity index (χ2n) is 4.96. The SMILES string of the molecule is Nc1ccc(Cn2c(C=CC(=O)O)nc3ccccc32)cc1. The summed E-state index contributed by atoms with van der Waals surface area (Å²) in [6, 6.07) is 15.3. The molecule has 0 saturated heterocycles. The summed E-state index contributed by atoms with van der Waals surface area (Å²) in [6.07, 6.45) is 2.61. The molecule has 1 heterocycles. The average Bonchev–Trinajstić information content (AvgIpc) is 2.85. The molecular weight excluding hydrogens is 278 g/mol. The van der Waals surface area contributed by atoms with Crippen molar-refractivity contribution in [3.63, 3.8) is 0 Å². The van der Waals surface area contributed by atoms with Crippen molar-refractivity contribution < 1.29 is 9.90 Å². The Hall–Kier alpha value is -3.08. The summed E-state index contributed by atoms with van der Waals surface area (Å²) in [7, 11) is 0. The molecule has 3 rings (SSSR count). The zero-order valence-corrected chi connectivity index (χ0v) is 11.8. The summed E-state index contributed by atoms with van der Waals surface area (Å²) in [5.74, 6) is -0.383. The smallest absolute Gasteiger partial charge is 0.328 e. The molecule has 0 atom stereocenters. The van der Waals surface area contributed by atoms with E-state index in [4.69, 9.17) is 10.8 Å². The van der Waals surface area contributed by atoms with Crippen molar-refractivity contribution in [3.8, 4) is 0 Å². The van der Waals surface area contributed by atoms with Crippen LogP contribution in [0.4, 0.5) is 5.69 Å². The van der Waals surface area contributed by atoms with Gasteiger partial charge in [-0.15, -0.1) is 0 Å². The van der Waals surface area contributed by atoms with Gasteiger partial charge in [-0.05, 0) is 35.9 Å². The lowest BCUT2D eigenvalue weighted by molar-refractivity contribution is -0.131. The predicted octanol–water partition coefficient (Wildman–Crippen LogP) is 2.76. The van der Waals surface area contributed by atoms with Crippen molar-refractivity contribution in [1.29, 1.82) is 0 Å². The van der Waals surface area contributed by atoms with Crippen LogP contribution in [0.25, 0.3) is 17.1 Å². The van der Waals surface area contributed by atoms with E-state index in [1.54, 1.807) is 0 Å². The number of para-hydroxylation sites is 2. The van der Waals surface area contributed by atoms with Gasteiger partial charge in [0.2, 0.25) is 0 Å². The van der Waals surface area contributed by atoms with Gasteiger partial charge in [0, 0.05) is 18.3 Å². The van der Waals surface area contributed by atoms with Gasteiger partial charge in [-0.25, -0.2) is 9.78 Å². The van der Waals surface area contributed by atoms with Gasteiger partial charge in [0.05, 0.1) is 11.0 Å². The van der Waals surface area contributed by atoms with E-state index in [9.17, 15) is 4.79 Å². The fraction of sp³-hybridized carbons (Fsp3) is 0.0588. The van der Waals surface area contributed by atoms with Gasteiger partial charge in [0.1, 0.15) is 5.82 Å². The van der Waals surface area contributed by atoms with Gasteiger partial charge in [0.15, 0.2) is 0 Å². The van der Waals surface area contributed by atoms with Crippen LogP contribution >= 0.6 is 0 Å². The lowest BCUT2D eigenvalue weighted by Crippen LogP contribution is -2.02. The Balaban J connectivity index is 2.06. The highest BCUT2D eigenvalue weighted by Crippen LogP contribution is 2.19. The molecule has 0 radical (unpaired) electrons. The van der Waals surface area contributed by atoms with Crippen molar-refractivity contribution in [2.45, 2.75) is 6.54 Å². The second-order valence-corrected chi connectivity index (χ2v) is 4.96. The molecule has 0 aliphatic carbocycles. The number of anilines is 1. The predicted molar refractivity (Wildman–Crippen MR) is 86.4 cm³/mol. The molecule has 1 aromatic heterocycles. The Morgan fingerprint density at radius 2 is 1.91 bits per heavy atom. The quantitative estimate of drug-likeness (QED) is 0.572. The molecule has 5 heteroatoms. The number of hydrogen-bond acceptors (Lipinski definition) is 3. The van der Waals surface area contributed by atoms with E-state index in [0.29, 0.717) is 18.1 Å². The molecule has 110 valence electrons. The molecule has 3 aromatic rings. The number of hydrogen-bond donors (Lipinski definition) is 2. The van der Waals surface area contributed by atoms with Crippen LogP contribution in [-0.4, -0.2) is 20.6 Å². The van der Waals surface area contributed by atoms with Crippen LogP contribution < -0.4 is 5.73 Å². The molecule has 0 amide bonds. The molecule has 0 fully saturated rings. The van der Waals surface area contributed by atoms with Crippen molar-refractivity contribution >= 4 is 28.8 Å². The number of nitrogen functional groups attached to an aromatic ring is 1. The third-order valence-electron chi connectivity index (χ3n) is 3.38. The molecule has 0 saturated carbocycles. The Morgan fingerprint density at radius 1 is 1.18 bits per heavy atom. The Labute approximate surface area is 127 Å². The number of benzene rings is 2. The van der Waals surface area contributed by atoms with Crippen LogP contribution in [0.2, 0.25) is 0 Å². The number of carboxylic acid groups (broad SMARTS) is 1. The van der Waals surface area contributed by atoms with E-state index in [1.165, 1.54) is 6.08 Å². The molecule has 3 N–H and O–H groups in total. The Kier molecular flexibility index (Phi) is 3.62. The summed E-state index contributed by atoms with van der Waals surface area (Å²) in [5.41, 5.74) is 9.29. The van der Waals surface area contributed by atoms with E-state index in [-0.39, 0.29) is 0 Å². The van der Waals surface area contributed by atoms with Crippen LogP contribution in [0.3, 0.4) is 0 Å². The number of aromatic nitrogens is 2. The minimum absolute atomic E-state index is 0.597. The van der Waals surface area contributed by atoms with Crippen LogP contribution in [-0.2, 0) is 11.3 Å². The van der Waals surface area contributed by atoms with Gasteiger partial charge in [-0.2, -0.15) is 0 Å². The first-order valence-corrected chi connectivity index (χ1v) is 6.84. The first kappa shape index (κ1) is 13.9. The zero-order chi connectivity index (χ0) is 15.5. The maximum Gasteiger partial charge on any atom is 0.328 e. The minimum Gasteiger partial charge on any atom is -0.478 e. The van der Waals surface area contributed by atoms with Crippen molar-refractivity contribution in [2.24, 2.45) is 0 Å². The highest BCUT2D eigenvalue weighted by atomic mass is 16.4. The number of nitrogens with two attached hydrogens (primary N) is 1. The van der Waals surface area contributed by atoms with E-state index in [0.717, 1.165) is 22.7 Å². The van der Waals surface area contributed by atoms with Gasteiger partial charge in [-0.3, -0.25) is 0 Å². The van der Waals surface area contributed by atoms with Crippen LogP contribution in [0, 0.1) is 0 Å². The summed E-state index contributed by atoms with van der Waals surface area (Å²) in [5, 5.41) is 8.82. The molecule has 0 aliphatic heterocycles. The third-order valence-corrected chi connectivity index (χ3v) is 3.38. The first-order valence-electron chi connectivity index (χ1n) is 6.84. The molecule has 2 aromatic carbocycles. The van der Waals surface area contributed by atoms with E-state index in [1.807, 2.05) is 53.1 Å². The average molecular weight is 293 g/mol. The number of nitrogens with zero attached hydrogens (tertiary/aromatic N) is 2. The van der Waals surface area contributed by atoms with Gasteiger partial charge in [-0.1, -0.05) is 24.3 Å². The lowest BCUT2D eigenvalue weighted by atomic mass is 10.2. The van der Waals surface area contributed by atoms with E-state index < -0.39 is 5.97 Å². The molecule has 0 spiro atoms. The number of imidazole rings is 1. The molecule has 0 bridgehead atoms. The number of aliphatic carboxylic acids is 1. The van der Waals surface area contributed by atoms with Gasteiger partial charge < -0.3 is 15.4 Å². The lowest BCUT2D eigenvalue weighted by Gasteiger charge is -2.07. The number of carbonyl (C=O) groups is 1. The number of rotatable bonds is 4. The van der Waals surface area contributed by atoms with E-state index >= 15 is 0 Å². The fourth-order valence-electron chi connectivity index (χ4n) is 2.34. The molecule has 0 unspecified atom stereocenters. The normalized spacial score (nSPS) is 11.3. The summed E-state index contributed by atoms with van der Waals surface area (Å²) >= 11 is 0. The topological polar surface area (TPSA) is 81.1 Å². The maximum atomic E-state index is 10.8. The van der Waals surface area contributed by atoms with Crippen LogP contribution in [0.15, 0.2) is 54.6 Å². The highest BCUT2D eigenvalue weighted by molar-refractivity contribution is 5.86. The van der Waals surface area contributed by atoms with Gasteiger partial charge >= 0.3 is 5.97 Å². The van der Waals surface area contributed by atoms with Crippen molar-refractivity contribution in [1.82, 2.24) is 9.55 Å². The van der Waals surface area contributed by atoms with Gasteiger partial charge in [0.25, 0.3) is 0 Å². The van der Waals surface area contributed by atoms with Crippen LogP contribution in [0.1, 0.15) is 11.4 Å². The van der Waals surface area contributed by atoms with Crippen molar-refractivity contribution in [3.05, 3.63) is 66.0 Å². The summed E-state index contributed by atoms with van der Waals surface area (Å²) in [6.45, 7) is 0.597. The summed E-state index contributed by atoms with van der Waals surface area (Å²) in [4.78, 5) is 15.2. The third kappa shape index (κ3) is 2.83. The molecule has 0 aliphatic rings. The van der Waals surface area contributed by atoms with Crippen LogP contribution in [0.5, 0.6) is 0 Å². The number of carboxylic acids is 1. The minimum atomic E-state index is -0.994. The number of fused-ring (bicyclic) bond motifs is 1. The second kappa shape index (κ2) is 5.73. The van der Waals surface area contributed by atoms with E-state index in [2.05, 4.69) is 4.98 Å². The summed E-state index contributed by atoms with van der Waals surface area (Å²) < 4.78 is 1.99. The fourth-order valence-corrected chi connectivity index (χ4v) is 2.34. The Bertz CT molecular complexity index is 848. The molecule has 22 heavy (non-hydrogen) atoms. The first-order chi connectivity index (χ1) is 10.6. The van der Waals surface area contributed by atoms with Crippen molar-refractivity contribution in [2.75, 3.05) is 5.73 Å². The monoisotopic (exact) mass is 293 g/mol. The molecule has 5 nitrogen and oxygen atoms in total.